The van der Waals surface area contributed by atoms with E-state index in [1.807, 2.05) is 13.8 Å². The molecule has 0 radical (unpaired) electrons. The number of carbonyl (C=O) groups excluding carboxylic acids is 2. The summed E-state index contributed by atoms with van der Waals surface area (Å²) in [7, 11) is -2.43. The molecule has 16 heteroatoms. The summed E-state index contributed by atoms with van der Waals surface area (Å²) in [4.78, 5) is 30.7. The summed E-state index contributed by atoms with van der Waals surface area (Å²) in [6.45, 7) is 9.21. The lowest BCUT2D eigenvalue weighted by molar-refractivity contribution is -0.0115. The molecule has 0 spiro atoms. The maximum Gasteiger partial charge on any atom is 0.321 e. The van der Waals surface area contributed by atoms with Gasteiger partial charge in [-0.2, -0.15) is 0 Å². The fourth-order valence-electron chi connectivity index (χ4n) is 6.06. The third kappa shape index (κ3) is 9.04. The molecule has 0 fully saturated rings. The molecule has 0 aliphatic carbocycles. The van der Waals surface area contributed by atoms with Crippen LogP contribution in [0.4, 0.5) is 16.2 Å². The molecule has 0 saturated heterocycles. The molecular weight excluding hydrogens is 682 g/mol. The van der Waals surface area contributed by atoms with E-state index in [1.165, 1.54) is 35.8 Å². The number of aromatic nitrogens is 1. The molecule has 3 amide bonds. The van der Waals surface area contributed by atoms with Gasteiger partial charge in [0, 0.05) is 50.1 Å². The fraction of sp³-hybridized carbons (Fsp3) is 0.514. The second-order valence-electron chi connectivity index (χ2n) is 13.1. The van der Waals surface area contributed by atoms with E-state index >= 15 is 0 Å². The molecule has 0 unspecified atom stereocenters. The Kier molecular flexibility index (Phi) is 12.0. The Bertz CT molecular complexity index is 1800. The van der Waals surface area contributed by atoms with E-state index in [1.54, 1.807) is 38.2 Å². The van der Waals surface area contributed by atoms with Crippen molar-refractivity contribution >= 4 is 33.3 Å². The number of anilines is 2. The van der Waals surface area contributed by atoms with E-state index in [2.05, 4.69) is 15.2 Å². The quantitative estimate of drug-likeness (QED) is 0.290. The number of amides is 3. The van der Waals surface area contributed by atoms with Gasteiger partial charge in [-0.1, -0.05) is 12.1 Å². The number of hydrogen-bond acceptors (Lipinski definition) is 11. The highest BCUT2D eigenvalue weighted by atomic mass is 32.2. The van der Waals surface area contributed by atoms with Crippen LogP contribution in [-0.2, 0) is 14.8 Å². The Morgan fingerprint density at radius 3 is 2.53 bits per heavy atom. The number of nitrogens with zero attached hydrogens (tertiary/aromatic N) is 3. The molecule has 0 bridgehead atoms. The Balaban J connectivity index is 1.40. The number of urea groups is 1. The molecule has 4 atom stereocenters. The molecular formula is C35H47N5O10S. The molecule has 51 heavy (non-hydrogen) atoms. The summed E-state index contributed by atoms with van der Waals surface area (Å²) in [5.74, 6) is 0.826. The molecule has 3 aromatic rings. The van der Waals surface area contributed by atoms with Crippen LogP contribution in [0.2, 0.25) is 0 Å². The number of rotatable bonds is 8. The molecule has 3 N–H and O–H groups in total. The normalized spacial score (nSPS) is 20.5. The summed E-state index contributed by atoms with van der Waals surface area (Å²) in [6, 6.07) is 8.74. The van der Waals surface area contributed by atoms with Crippen molar-refractivity contribution in [3.8, 4) is 17.2 Å². The average molecular weight is 730 g/mol. The van der Waals surface area contributed by atoms with Crippen LogP contribution < -0.4 is 24.2 Å². The third-order valence-corrected chi connectivity index (χ3v) is 10.6. The van der Waals surface area contributed by atoms with Crippen molar-refractivity contribution in [1.29, 1.82) is 0 Å². The Labute approximate surface area is 298 Å². The van der Waals surface area contributed by atoms with Gasteiger partial charge in [-0.15, -0.1) is 0 Å². The third-order valence-electron chi connectivity index (χ3n) is 8.96. The number of aryl methyl sites for hydroxylation is 2. The van der Waals surface area contributed by atoms with Crippen LogP contribution in [0.5, 0.6) is 17.2 Å². The predicted molar refractivity (Wildman–Crippen MR) is 188 cm³/mol. The Morgan fingerprint density at radius 1 is 1.08 bits per heavy atom. The second-order valence-corrected chi connectivity index (χ2v) is 14.8. The second kappa shape index (κ2) is 16.2. The van der Waals surface area contributed by atoms with Crippen LogP contribution in [0, 0.1) is 19.8 Å². The first-order valence-corrected chi connectivity index (χ1v) is 18.5. The molecule has 278 valence electrons. The average Bonchev–Trinajstić information content (AvgIpc) is 3.70. The number of ether oxygens (including phenoxy) is 4. The number of likely N-dealkylation sites (N-methyl/N-ethyl adjacent to an activating group) is 1. The SMILES string of the molecule is Cc1noc(C)c1S(=O)(=O)Nc1ccc2c(c1)C(=O)N([C@H](C)CO)C[C@H](C)[C@H](CN(C)C(=O)Nc1ccc3c(c1)OCO3)OCCCC[C@@H](C)O2. The lowest BCUT2D eigenvalue weighted by atomic mass is 10.0. The highest BCUT2D eigenvalue weighted by Gasteiger charge is 2.32. The maximum atomic E-state index is 14.4. The van der Waals surface area contributed by atoms with Crippen molar-refractivity contribution < 1.29 is 46.6 Å². The topological polar surface area (TPSA) is 182 Å². The van der Waals surface area contributed by atoms with Gasteiger partial charge in [-0.3, -0.25) is 9.52 Å². The summed E-state index contributed by atoms with van der Waals surface area (Å²) in [6.07, 6.45) is 1.47. The van der Waals surface area contributed by atoms with Gasteiger partial charge in [0.05, 0.1) is 30.4 Å². The molecule has 2 aliphatic rings. The minimum atomic E-state index is -4.10. The van der Waals surface area contributed by atoms with E-state index in [0.717, 1.165) is 12.8 Å². The zero-order valence-electron chi connectivity index (χ0n) is 29.8. The minimum absolute atomic E-state index is 0.0799. The highest BCUT2D eigenvalue weighted by Crippen LogP contribution is 2.34. The van der Waals surface area contributed by atoms with Gasteiger partial charge in [-0.25, -0.2) is 13.2 Å². The van der Waals surface area contributed by atoms with Crippen LogP contribution in [0.1, 0.15) is 61.8 Å². The number of aliphatic hydroxyl groups is 1. The van der Waals surface area contributed by atoms with E-state index in [-0.39, 0.29) is 72.1 Å². The molecule has 2 aromatic carbocycles. The first-order valence-electron chi connectivity index (χ1n) is 17.0. The van der Waals surface area contributed by atoms with Gasteiger partial charge in [0.15, 0.2) is 22.2 Å². The van der Waals surface area contributed by atoms with Crippen molar-refractivity contribution in [3.05, 3.63) is 53.4 Å². The largest absolute Gasteiger partial charge is 0.490 e. The highest BCUT2D eigenvalue weighted by molar-refractivity contribution is 7.92. The summed E-state index contributed by atoms with van der Waals surface area (Å²) in [5.41, 5.74) is 1.02. The Morgan fingerprint density at radius 2 is 1.80 bits per heavy atom. The van der Waals surface area contributed by atoms with Gasteiger partial charge in [0.25, 0.3) is 15.9 Å². The molecule has 15 nitrogen and oxygen atoms in total. The van der Waals surface area contributed by atoms with Gasteiger partial charge in [-0.05, 0) is 77.3 Å². The van der Waals surface area contributed by atoms with Crippen LogP contribution in [0.3, 0.4) is 0 Å². The zero-order valence-corrected chi connectivity index (χ0v) is 30.6. The lowest BCUT2D eigenvalue weighted by Gasteiger charge is -2.35. The van der Waals surface area contributed by atoms with Crippen molar-refractivity contribution in [2.75, 3.05) is 50.2 Å². The number of nitrogens with one attached hydrogen (secondary N) is 2. The van der Waals surface area contributed by atoms with Crippen LogP contribution >= 0.6 is 0 Å². The van der Waals surface area contributed by atoms with Crippen molar-refractivity contribution in [1.82, 2.24) is 15.0 Å². The number of carbonyl (C=O) groups is 2. The minimum Gasteiger partial charge on any atom is -0.490 e. The monoisotopic (exact) mass is 729 g/mol. The lowest BCUT2D eigenvalue weighted by Crippen LogP contribution is -2.48. The molecule has 0 saturated carbocycles. The fourth-order valence-corrected chi connectivity index (χ4v) is 7.44. The van der Waals surface area contributed by atoms with Crippen molar-refractivity contribution in [2.45, 2.75) is 77.0 Å². The van der Waals surface area contributed by atoms with E-state index in [9.17, 15) is 23.1 Å². The maximum absolute atomic E-state index is 14.4. The number of fused-ring (bicyclic) bond motifs is 2. The van der Waals surface area contributed by atoms with Gasteiger partial charge >= 0.3 is 6.03 Å². The van der Waals surface area contributed by atoms with Crippen molar-refractivity contribution in [3.63, 3.8) is 0 Å². The molecule has 1 aromatic heterocycles. The number of sulfonamides is 1. The smallest absolute Gasteiger partial charge is 0.321 e. The van der Waals surface area contributed by atoms with Crippen LogP contribution in [0.25, 0.3) is 0 Å². The first-order chi connectivity index (χ1) is 24.3. The predicted octanol–water partition coefficient (Wildman–Crippen LogP) is 4.78. The van der Waals surface area contributed by atoms with E-state index < -0.39 is 28.1 Å². The zero-order chi connectivity index (χ0) is 36.9. The standard InChI is InChI=1S/C35H47N5O10S/c1-21-17-40(22(2)19-41)34(42)28-15-27(38-51(44,45)33-24(4)37-50-25(33)5)11-12-29(28)49-23(3)9-7-8-14-46-32(21)18-39(6)35(43)36-26-10-13-30-31(16-26)48-20-47-30/h10-13,15-16,21-23,32,38,41H,7-9,14,17-20H2,1-6H3,(H,36,43)/t21-,22+,23+,32-/m0/s1. The Hall–Kier alpha value is -4.54. The summed E-state index contributed by atoms with van der Waals surface area (Å²) < 4.78 is 57.7. The summed E-state index contributed by atoms with van der Waals surface area (Å²) in [5, 5.41) is 16.9. The van der Waals surface area contributed by atoms with Gasteiger partial charge < -0.3 is 43.7 Å². The summed E-state index contributed by atoms with van der Waals surface area (Å²) >= 11 is 0. The van der Waals surface area contributed by atoms with E-state index in [4.69, 9.17) is 23.5 Å². The van der Waals surface area contributed by atoms with Gasteiger partial charge in [0.2, 0.25) is 6.79 Å². The molecule has 5 rings (SSSR count). The number of aliphatic hydroxyl groups excluding tert-OH is 1. The van der Waals surface area contributed by atoms with E-state index in [0.29, 0.717) is 36.0 Å². The van der Waals surface area contributed by atoms with Crippen LogP contribution in [-0.4, -0.2) is 98.8 Å². The molecule has 3 heterocycles. The molecule has 2 aliphatic heterocycles. The first kappa shape index (κ1) is 37.7. The van der Waals surface area contributed by atoms with Gasteiger partial charge in [0.1, 0.15) is 11.4 Å². The van der Waals surface area contributed by atoms with Crippen molar-refractivity contribution in [2.24, 2.45) is 5.92 Å². The van der Waals surface area contributed by atoms with Crippen LogP contribution in [0.15, 0.2) is 45.8 Å². The number of hydrogen-bond donors (Lipinski definition) is 3. The number of benzene rings is 2.